The van der Waals surface area contributed by atoms with Crippen LogP contribution in [0.25, 0.3) is 16.3 Å². The first-order valence-electron chi connectivity index (χ1n) is 9.65. The smallest absolute Gasteiger partial charge is 0.285 e. The van der Waals surface area contributed by atoms with E-state index in [1.54, 1.807) is 13.2 Å². The third kappa shape index (κ3) is 4.84. The number of thiocarbonyl (C=S) groups is 1. The van der Waals surface area contributed by atoms with E-state index in [2.05, 4.69) is 24.3 Å². The molecule has 9 heteroatoms. The molecule has 2 aromatic carbocycles. The molecule has 1 aliphatic heterocycles. The maximum atomic E-state index is 12.9. The minimum Gasteiger partial charge on any atom is -0.493 e. The molecule has 1 fully saturated rings. The third-order valence-corrected chi connectivity index (χ3v) is 6.60. The van der Waals surface area contributed by atoms with Crippen LogP contribution in [-0.2, 0) is 4.79 Å². The van der Waals surface area contributed by atoms with E-state index >= 15 is 0 Å². The molecule has 6 nitrogen and oxygen atoms in total. The number of rotatable bonds is 7. The number of fused-ring (bicyclic) bond motifs is 1. The number of thioether (sulfide) groups is 1. The molecule has 1 aromatic heterocycles. The molecule has 2 heterocycles. The molecular formula is C22H21N3O3S3. The summed E-state index contributed by atoms with van der Waals surface area (Å²) in [5, 5.41) is 1.98. The van der Waals surface area contributed by atoms with Crippen LogP contribution in [0.15, 0.2) is 47.4 Å². The van der Waals surface area contributed by atoms with E-state index < -0.39 is 0 Å². The Morgan fingerprint density at radius 3 is 2.77 bits per heavy atom. The van der Waals surface area contributed by atoms with Crippen LogP contribution in [0.4, 0.5) is 5.13 Å². The summed E-state index contributed by atoms with van der Waals surface area (Å²) in [5.74, 6) is 1.50. The van der Waals surface area contributed by atoms with Crippen molar-refractivity contribution >= 4 is 67.0 Å². The lowest BCUT2D eigenvalue weighted by Gasteiger charge is -2.14. The predicted octanol–water partition coefficient (Wildman–Crippen LogP) is 5.57. The van der Waals surface area contributed by atoms with Gasteiger partial charge in [-0.2, -0.15) is 5.01 Å². The van der Waals surface area contributed by atoms with Crippen LogP contribution in [0, 0.1) is 5.92 Å². The van der Waals surface area contributed by atoms with Crippen LogP contribution < -0.4 is 14.9 Å². The molecule has 0 unspecified atom stereocenters. The van der Waals surface area contributed by atoms with Gasteiger partial charge >= 0.3 is 0 Å². The Balaban J connectivity index is 1.52. The van der Waals surface area contributed by atoms with Gasteiger partial charge in [-0.3, -0.25) is 10.2 Å². The number of nitrogens with one attached hydrogen (secondary N) is 1. The normalized spacial score (nSPS) is 15.4. The second kappa shape index (κ2) is 9.25. The van der Waals surface area contributed by atoms with Gasteiger partial charge in [0.15, 0.2) is 15.8 Å². The van der Waals surface area contributed by atoms with Crippen molar-refractivity contribution in [3.63, 3.8) is 0 Å². The van der Waals surface area contributed by atoms with E-state index in [-0.39, 0.29) is 5.91 Å². The van der Waals surface area contributed by atoms with Gasteiger partial charge < -0.3 is 9.47 Å². The Labute approximate surface area is 194 Å². The number of thiazole rings is 1. The van der Waals surface area contributed by atoms with E-state index in [9.17, 15) is 4.79 Å². The Morgan fingerprint density at radius 2 is 2.03 bits per heavy atom. The zero-order valence-corrected chi connectivity index (χ0v) is 19.7. The van der Waals surface area contributed by atoms with Crippen molar-refractivity contribution in [2.75, 3.05) is 19.1 Å². The minimum absolute atomic E-state index is 0.214. The van der Waals surface area contributed by atoms with Crippen LogP contribution >= 0.6 is 35.3 Å². The first-order valence-corrected chi connectivity index (χ1v) is 11.7. The van der Waals surface area contributed by atoms with E-state index in [1.165, 1.54) is 28.1 Å². The highest BCUT2D eigenvalue weighted by atomic mass is 32.2. The summed E-state index contributed by atoms with van der Waals surface area (Å²) in [5.41, 5.74) is 4.75. The topological polar surface area (TPSA) is 63.7 Å². The third-order valence-electron chi connectivity index (χ3n) is 4.35. The van der Waals surface area contributed by atoms with E-state index in [0.717, 1.165) is 15.8 Å². The summed E-state index contributed by atoms with van der Waals surface area (Å²) in [7, 11) is 1.60. The van der Waals surface area contributed by atoms with Gasteiger partial charge in [-0.1, -0.05) is 55.1 Å². The van der Waals surface area contributed by atoms with E-state index in [0.29, 0.717) is 38.4 Å². The van der Waals surface area contributed by atoms with E-state index in [1.807, 2.05) is 42.5 Å². The fraction of sp³-hybridized carbons (Fsp3) is 0.227. The Morgan fingerprint density at radius 1 is 1.23 bits per heavy atom. The van der Waals surface area contributed by atoms with Gasteiger partial charge in [0.1, 0.15) is 0 Å². The van der Waals surface area contributed by atoms with Gasteiger partial charge in [0.25, 0.3) is 5.91 Å². The largest absolute Gasteiger partial charge is 0.493 e. The quantitative estimate of drug-likeness (QED) is 0.357. The van der Waals surface area contributed by atoms with Crippen molar-refractivity contribution in [3.8, 4) is 11.5 Å². The SMILES string of the molecule is COc1cc(/C=C2/SC(=S)N(Nc3nc4ccccc4s3)C2=O)ccc1OCC(C)C. The molecule has 160 valence electrons. The first-order chi connectivity index (χ1) is 14.9. The first kappa shape index (κ1) is 21.6. The predicted molar refractivity (Wildman–Crippen MR) is 132 cm³/mol. The molecule has 0 radical (unpaired) electrons. The Bertz CT molecular complexity index is 1140. The number of amides is 1. The van der Waals surface area contributed by atoms with Gasteiger partial charge in [-0.15, -0.1) is 0 Å². The molecule has 1 aliphatic rings. The zero-order valence-electron chi connectivity index (χ0n) is 17.2. The van der Waals surface area contributed by atoms with Crippen LogP contribution in [0.2, 0.25) is 0 Å². The Kier molecular flexibility index (Phi) is 6.45. The van der Waals surface area contributed by atoms with Gasteiger partial charge in [0.05, 0.1) is 28.8 Å². The summed E-state index contributed by atoms with van der Waals surface area (Å²) in [6, 6.07) is 13.4. The number of benzene rings is 2. The molecular weight excluding hydrogens is 450 g/mol. The molecule has 0 atom stereocenters. The number of aromatic nitrogens is 1. The van der Waals surface area contributed by atoms with Crippen LogP contribution in [0.3, 0.4) is 0 Å². The van der Waals surface area contributed by atoms with Crippen molar-refractivity contribution in [1.29, 1.82) is 0 Å². The number of hydrogen-bond donors (Lipinski definition) is 1. The summed E-state index contributed by atoms with van der Waals surface area (Å²) >= 11 is 8.13. The molecule has 3 aromatic rings. The fourth-order valence-electron chi connectivity index (χ4n) is 2.88. The van der Waals surface area contributed by atoms with Gasteiger partial charge in [-0.05, 0) is 54.0 Å². The molecule has 0 bridgehead atoms. The Hall–Kier alpha value is -2.62. The lowest BCUT2D eigenvalue weighted by molar-refractivity contribution is -0.121. The van der Waals surface area contributed by atoms with Crippen molar-refractivity contribution in [2.24, 2.45) is 5.92 Å². The number of carbonyl (C=O) groups excluding carboxylic acids is 1. The van der Waals surface area contributed by atoms with Crippen LogP contribution in [0.1, 0.15) is 19.4 Å². The molecule has 0 spiro atoms. The highest BCUT2D eigenvalue weighted by Crippen LogP contribution is 2.36. The zero-order chi connectivity index (χ0) is 22.0. The summed E-state index contributed by atoms with van der Waals surface area (Å²) in [4.78, 5) is 18.0. The molecule has 1 N–H and O–H groups in total. The highest BCUT2D eigenvalue weighted by molar-refractivity contribution is 8.26. The average Bonchev–Trinajstić information content (AvgIpc) is 3.28. The lowest BCUT2D eigenvalue weighted by Crippen LogP contribution is -2.33. The number of para-hydroxylation sites is 1. The van der Waals surface area contributed by atoms with Crippen molar-refractivity contribution < 1.29 is 14.3 Å². The molecule has 0 aliphatic carbocycles. The molecule has 4 rings (SSSR count). The molecule has 31 heavy (non-hydrogen) atoms. The van der Waals surface area contributed by atoms with E-state index in [4.69, 9.17) is 21.7 Å². The summed E-state index contributed by atoms with van der Waals surface area (Å²) < 4.78 is 12.7. The van der Waals surface area contributed by atoms with Crippen LogP contribution in [-0.4, -0.2) is 33.9 Å². The second-order valence-corrected chi connectivity index (χ2v) is 9.94. The monoisotopic (exact) mass is 471 g/mol. The van der Waals surface area contributed by atoms with Crippen molar-refractivity contribution in [1.82, 2.24) is 9.99 Å². The van der Waals surface area contributed by atoms with Gasteiger partial charge in [0, 0.05) is 0 Å². The number of hydrogen-bond acceptors (Lipinski definition) is 8. The number of ether oxygens (including phenoxy) is 2. The summed E-state index contributed by atoms with van der Waals surface area (Å²) in [6.07, 6.45) is 1.80. The van der Waals surface area contributed by atoms with Crippen molar-refractivity contribution in [3.05, 3.63) is 52.9 Å². The number of anilines is 1. The van der Waals surface area contributed by atoms with Crippen LogP contribution in [0.5, 0.6) is 11.5 Å². The minimum atomic E-state index is -0.214. The number of carbonyl (C=O) groups is 1. The average molecular weight is 472 g/mol. The number of nitrogens with zero attached hydrogens (tertiary/aromatic N) is 2. The molecule has 1 amide bonds. The highest BCUT2D eigenvalue weighted by Gasteiger charge is 2.33. The summed E-state index contributed by atoms with van der Waals surface area (Å²) in [6.45, 7) is 4.78. The van der Waals surface area contributed by atoms with Gasteiger partial charge in [-0.25, -0.2) is 4.98 Å². The second-order valence-electron chi connectivity index (χ2n) is 7.23. The number of hydrazine groups is 1. The number of methoxy groups -OCH3 is 1. The molecule has 1 saturated heterocycles. The molecule has 0 saturated carbocycles. The lowest BCUT2D eigenvalue weighted by atomic mass is 10.2. The standard InChI is InChI=1S/C22H21N3O3S3/c1-13(2)12-28-16-9-8-14(10-17(16)27-3)11-19-20(26)25(22(29)31-19)24-21-23-15-6-4-5-7-18(15)30-21/h4-11,13H,12H2,1-3H3,(H,23,24)/b19-11+. The maximum Gasteiger partial charge on any atom is 0.285 e. The van der Waals surface area contributed by atoms with Crippen molar-refractivity contribution in [2.45, 2.75) is 13.8 Å². The fourth-order valence-corrected chi connectivity index (χ4v) is 4.91. The maximum absolute atomic E-state index is 12.9. The van der Waals surface area contributed by atoms with Gasteiger partial charge in [0.2, 0.25) is 5.13 Å².